The van der Waals surface area contributed by atoms with Gasteiger partial charge < -0.3 is 24.4 Å². The summed E-state index contributed by atoms with van der Waals surface area (Å²) in [7, 11) is 0. The molecule has 7 nitrogen and oxygen atoms in total. The molecule has 1 aliphatic heterocycles. The molecule has 3 aromatic rings. The predicted molar refractivity (Wildman–Crippen MR) is 131 cm³/mol. The second-order valence-corrected chi connectivity index (χ2v) is 7.85. The second kappa shape index (κ2) is 11.2. The van der Waals surface area contributed by atoms with Gasteiger partial charge in [-0.2, -0.15) is 0 Å². The van der Waals surface area contributed by atoms with E-state index in [1.54, 1.807) is 47.4 Å². The highest BCUT2D eigenvalue weighted by atomic mass is 16.5. The lowest BCUT2D eigenvalue weighted by Gasteiger charge is -2.30. The number of fused-ring (bicyclic) bond motifs is 1. The molecule has 2 amide bonds. The number of amides is 2. The van der Waals surface area contributed by atoms with Gasteiger partial charge in [0, 0.05) is 12.2 Å². The van der Waals surface area contributed by atoms with E-state index in [9.17, 15) is 9.59 Å². The van der Waals surface area contributed by atoms with Crippen molar-refractivity contribution in [3.05, 3.63) is 78.4 Å². The minimum Gasteiger partial charge on any atom is -0.494 e. The Bertz CT molecular complexity index is 1120. The van der Waals surface area contributed by atoms with Gasteiger partial charge in [-0.25, -0.2) is 0 Å². The van der Waals surface area contributed by atoms with E-state index < -0.39 is 0 Å². The van der Waals surface area contributed by atoms with Crippen LogP contribution in [0.4, 0.5) is 11.4 Å². The van der Waals surface area contributed by atoms with Crippen LogP contribution in [-0.4, -0.2) is 38.2 Å². The molecule has 0 aromatic heterocycles. The van der Waals surface area contributed by atoms with Gasteiger partial charge in [-0.05, 0) is 67.8 Å². The molecule has 0 saturated heterocycles. The van der Waals surface area contributed by atoms with E-state index in [1.165, 1.54) is 5.56 Å². The largest absolute Gasteiger partial charge is 0.494 e. The van der Waals surface area contributed by atoms with Crippen molar-refractivity contribution in [2.45, 2.75) is 19.8 Å². The Labute approximate surface area is 199 Å². The van der Waals surface area contributed by atoms with Crippen LogP contribution in [0.2, 0.25) is 0 Å². The molecular formula is C27H28N2O5. The maximum atomic E-state index is 12.5. The van der Waals surface area contributed by atoms with Crippen LogP contribution < -0.4 is 24.4 Å². The Morgan fingerprint density at radius 3 is 2.47 bits per heavy atom. The number of anilines is 2. The molecule has 0 fully saturated rings. The third-order valence-electron chi connectivity index (χ3n) is 5.38. The minimum absolute atomic E-state index is 0.0139. The predicted octanol–water partition coefficient (Wildman–Crippen LogP) is 4.46. The Balaban J connectivity index is 1.35. The fraction of sp³-hybridized carbons (Fsp3) is 0.259. The number of hydrogen-bond donors (Lipinski definition) is 1. The number of ether oxygens (including phenoxy) is 3. The highest BCUT2D eigenvalue weighted by Gasteiger charge is 2.25. The summed E-state index contributed by atoms with van der Waals surface area (Å²) < 4.78 is 16.5. The zero-order chi connectivity index (χ0) is 23.8. The molecule has 176 valence electrons. The molecule has 0 aliphatic carbocycles. The van der Waals surface area contributed by atoms with Crippen molar-refractivity contribution in [2.75, 3.05) is 36.6 Å². The van der Waals surface area contributed by atoms with Crippen LogP contribution in [-0.2, 0) is 16.0 Å². The molecule has 0 spiro atoms. The summed E-state index contributed by atoms with van der Waals surface area (Å²) in [5.74, 6) is 1.56. The number of carbonyl (C=O) groups is 2. The fourth-order valence-corrected chi connectivity index (χ4v) is 3.76. The molecular weight excluding hydrogens is 432 g/mol. The second-order valence-electron chi connectivity index (χ2n) is 7.85. The van der Waals surface area contributed by atoms with E-state index in [0.717, 1.165) is 18.6 Å². The number of nitrogens with zero attached hydrogens (tertiary/aromatic N) is 1. The molecule has 7 heteroatoms. The highest BCUT2D eigenvalue weighted by molar-refractivity contribution is 5.99. The first-order valence-electron chi connectivity index (χ1n) is 11.4. The zero-order valence-corrected chi connectivity index (χ0v) is 19.2. The molecule has 34 heavy (non-hydrogen) atoms. The van der Waals surface area contributed by atoms with Crippen LogP contribution in [0, 0.1) is 0 Å². The Hall–Kier alpha value is -4.00. The molecule has 1 N–H and O–H groups in total. The first-order valence-corrected chi connectivity index (χ1v) is 11.4. The Morgan fingerprint density at radius 1 is 1.00 bits per heavy atom. The quantitative estimate of drug-likeness (QED) is 0.483. The van der Waals surface area contributed by atoms with Crippen molar-refractivity contribution in [1.29, 1.82) is 0 Å². The summed E-state index contributed by atoms with van der Waals surface area (Å²) in [6.45, 7) is 2.95. The van der Waals surface area contributed by atoms with Gasteiger partial charge in [-0.1, -0.05) is 30.3 Å². The summed E-state index contributed by atoms with van der Waals surface area (Å²) in [6.07, 6.45) is 1.70. The van der Waals surface area contributed by atoms with Crippen molar-refractivity contribution >= 4 is 23.2 Å². The normalized spacial score (nSPS) is 12.5. The summed E-state index contributed by atoms with van der Waals surface area (Å²) >= 11 is 0. The van der Waals surface area contributed by atoms with Crippen LogP contribution in [0.5, 0.6) is 17.2 Å². The Morgan fingerprint density at radius 2 is 1.74 bits per heavy atom. The van der Waals surface area contributed by atoms with Gasteiger partial charge in [-0.15, -0.1) is 0 Å². The third kappa shape index (κ3) is 6.07. The lowest BCUT2D eigenvalue weighted by atomic mass is 10.1. The summed E-state index contributed by atoms with van der Waals surface area (Å²) in [6, 6.07) is 22.6. The highest BCUT2D eigenvalue weighted by Crippen LogP contribution is 2.34. The van der Waals surface area contributed by atoms with E-state index in [1.807, 2.05) is 25.1 Å². The smallest absolute Gasteiger partial charge is 0.265 e. The molecule has 0 atom stereocenters. The molecule has 1 heterocycles. The van der Waals surface area contributed by atoms with E-state index in [0.29, 0.717) is 36.0 Å². The molecule has 4 rings (SSSR count). The van der Waals surface area contributed by atoms with Gasteiger partial charge in [0.15, 0.2) is 13.2 Å². The number of aryl methyl sites for hydroxylation is 1. The average Bonchev–Trinajstić information content (AvgIpc) is 2.86. The zero-order valence-electron chi connectivity index (χ0n) is 19.2. The van der Waals surface area contributed by atoms with Gasteiger partial charge in [0.1, 0.15) is 17.2 Å². The molecule has 0 unspecified atom stereocenters. The monoisotopic (exact) mass is 460 g/mol. The van der Waals surface area contributed by atoms with Gasteiger partial charge in [0.05, 0.1) is 12.3 Å². The average molecular weight is 461 g/mol. The summed E-state index contributed by atoms with van der Waals surface area (Å²) in [5.41, 5.74) is 2.47. The van der Waals surface area contributed by atoms with Crippen molar-refractivity contribution < 1.29 is 23.8 Å². The first kappa shape index (κ1) is 23.2. The standard InChI is InChI=1S/C27H28N2O5/c1-2-32-22-11-13-23(14-12-22)33-18-26(30)28-21-10-15-25-24(17-21)29(27(31)19-34-25)16-6-9-20-7-4-3-5-8-20/h3-5,7-8,10-15,17H,2,6,9,16,18-19H2,1H3,(H,28,30). The number of rotatable bonds is 10. The van der Waals surface area contributed by atoms with Gasteiger partial charge in [-0.3, -0.25) is 9.59 Å². The Kier molecular flexibility index (Phi) is 7.65. The van der Waals surface area contributed by atoms with Crippen LogP contribution in [0.1, 0.15) is 18.9 Å². The molecule has 3 aromatic carbocycles. The minimum atomic E-state index is -0.299. The van der Waals surface area contributed by atoms with Crippen molar-refractivity contribution in [2.24, 2.45) is 0 Å². The molecule has 0 radical (unpaired) electrons. The number of carbonyl (C=O) groups excluding carboxylic acids is 2. The van der Waals surface area contributed by atoms with E-state index >= 15 is 0 Å². The summed E-state index contributed by atoms with van der Waals surface area (Å²) in [4.78, 5) is 26.7. The number of benzene rings is 3. The lowest BCUT2D eigenvalue weighted by molar-refractivity contribution is -0.121. The van der Waals surface area contributed by atoms with Gasteiger partial charge in [0.25, 0.3) is 11.8 Å². The van der Waals surface area contributed by atoms with Crippen LogP contribution in [0.25, 0.3) is 0 Å². The van der Waals surface area contributed by atoms with Crippen LogP contribution in [0.3, 0.4) is 0 Å². The van der Waals surface area contributed by atoms with E-state index in [2.05, 4.69) is 17.4 Å². The van der Waals surface area contributed by atoms with E-state index in [4.69, 9.17) is 14.2 Å². The topological polar surface area (TPSA) is 77.1 Å². The van der Waals surface area contributed by atoms with Gasteiger partial charge >= 0.3 is 0 Å². The van der Waals surface area contributed by atoms with Crippen molar-refractivity contribution in [1.82, 2.24) is 0 Å². The SMILES string of the molecule is CCOc1ccc(OCC(=O)Nc2ccc3c(c2)N(CCCc2ccccc2)C(=O)CO3)cc1. The lowest BCUT2D eigenvalue weighted by Crippen LogP contribution is -2.39. The molecule has 1 aliphatic rings. The maximum Gasteiger partial charge on any atom is 0.265 e. The molecule has 0 bridgehead atoms. The van der Waals surface area contributed by atoms with Crippen LogP contribution >= 0.6 is 0 Å². The van der Waals surface area contributed by atoms with E-state index in [-0.39, 0.29) is 25.0 Å². The number of nitrogens with one attached hydrogen (secondary N) is 1. The van der Waals surface area contributed by atoms with Crippen LogP contribution in [0.15, 0.2) is 72.8 Å². The van der Waals surface area contributed by atoms with Gasteiger partial charge in [0.2, 0.25) is 0 Å². The first-order chi connectivity index (χ1) is 16.6. The maximum absolute atomic E-state index is 12.5. The van der Waals surface area contributed by atoms with Crippen molar-refractivity contribution in [3.63, 3.8) is 0 Å². The third-order valence-corrected chi connectivity index (χ3v) is 5.38. The number of hydrogen-bond acceptors (Lipinski definition) is 5. The molecule has 0 saturated carbocycles. The fourth-order valence-electron chi connectivity index (χ4n) is 3.76. The van der Waals surface area contributed by atoms with Crippen molar-refractivity contribution in [3.8, 4) is 17.2 Å². The summed E-state index contributed by atoms with van der Waals surface area (Å²) in [5, 5.41) is 2.83.